The molecule has 1 saturated heterocycles. The maximum absolute atomic E-state index is 13.5. The van der Waals surface area contributed by atoms with Crippen molar-refractivity contribution in [2.24, 2.45) is 5.11 Å². The zero-order valence-electron chi connectivity index (χ0n) is 28.8. The number of sulfone groups is 1. The molecule has 254 valence electrons. The third-order valence-corrected chi connectivity index (χ3v) is 11.8. The number of nitrogens with zero attached hydrogens (tertiary/aromatic N) is 3. The molecular weight excluding hydrogens is 632 g/mol. The number of ether oxygens (including phenoxy) is 1. The van der Waals surface area contributed by atoms with Crippen LogP contribution in [0.25, 0.3) is 0 Å². The number of carbonyl (C=O) groups excluding carboxylic acids is 1. The van der Waals surface area contributed by atoms with E-state index < -0.39 is 16.1 Å². The van der Waals surface area contributed by atoms with Crippen LogP contribution in [0.4, 0.5) is 11.4 Å². The molecule has 1 fully saturated rings. The third-order valence-electron chi connectivity index (χ3n) is 9.80. The van der Waals surface area contributed by atoms with E-state index in [4.69, 9.17) is 21.9 Å². The topological polar surface area (TPSA) is 103 Å². The zero-order valence-corrected chi connectivity index (χ0v) is 30.3. The van der Waals surface area contributed by atoms with Crippen LogP contribution in [-0.2, 0) is 31.2 Å². The first-order valence-corrected chi connectivity index (χ1v) is 18.5. The molecule has 1 N–H and O–H groups in total. The number of hydrogen-bond acceptors (Lipinski definition) is 8. The Hall–Kier alpha value is -3.27. The molecule has 0 amide bonds. The number of anilines is 1. The van der Waals surface area contributed by atoms with Gasteiger partial charge < -0.3 is 9.64 Å². The minimum atomic E-state index is -3.79. The minimum Gasteiger partial charge on any atom is -0.467 e. The summed E-state index contributed by atoms with van der Waals surface area (Å²) < 4.78 is 33.6. The first-order valence-electron chi connectivity index (χ1n) is 16.5. The van der Waals surface area contributed by atoms with Crippen LogP contribution in [0.15, 0.2) is 70.7 Å². The quantitative estimate of drug-likeness (QED) is 0.171. The summed E-state index contributed by atoms with van der Waals surface area (Å²) in [5.74, 6) is 0.538. The van der Waals surface area contributed by atoms with E-state index in [0.717, 1.165) is 29.8 Å². The Balaban J connectivity index is 1.57. The first-order chi connectivity index (χ1) is 22.1. The van der Waals surface area contributed by atoms with Crippen LogP contribution >= 0.6 is 11.6 Å². The molecule has 0 spiro atoms. The van der Waals surface area contributed by atoms with E-state index in [1.165, 1.54) is 5.56 Å². The van der Waals surface area contributed by atoms with E-state index in [9.17, 15) is 13.2 Å². The molecule has 1 unspecified atom stereocenters. The van der Waals surface area contributed by atoms with Crippen molar-refractivity contribution < 1.29 is 17.9 Å². The van der Waals surface area contributed by atoms with Gasteiger partial charge in [0.25, 0.3) is 0 Å². The predicted octanol–water partition coefficient (Wildman–Crippen LogP) is 8.86. The number of piperazine rings is 1. The van der Waals surface area contributed by atoms with Crippen LogP contribution in [0.2, 0.25) is 5.02 Å². The van der Waals surface area contributed by atoms with E-state index in [2.05, 4.69) is 68.6 Å². The Labute approximate surface area is 285 Å². The largest absolute Gasteiger partial charge is 0.467 e. The number of carbonyl (C=O) groups is 1. The highest BCUT2D eigenvalue weighted by Crippen LogP contribution is 2.39. The van der Waals surface area contributed by atoms with E-state index >= 15 is 0 Å². The van der Waals surface area contributed by atoms with Gasteiger partial charge in [0.05, 0.1) is 10.6 Å². The van der Waals surface area contributed by atoms with Gasteiger partial charge in [0.15, 0.2) is 15.6 Å². The fourth-order valence-corrected chi connectivity index (χ4v) is 7.39. The first kappa shape index (κ1) is 36.6. The molecule has 1 aliphatic rings. The monoisotopic (exact) mass is 680 g/mol. The maximum Gasteiger partial charge on any atom is 0.212 e. The van der Waals surface area contributed by atoms with Gasteiger partial charge in [0.1, 0.15) is 11.4 Å². The highest BCUT2D eigenvalue weighted by molar-refractivity contribution is 7.90. The second kappa shape index (κ2) is 14.9. The summed E-state index contributed by atoms with van der Waals surface area (Å²) in [5, 5.41) is 4.03. The summed E-state index contributed by atoms with van der Waals surface area (Å²) in [4.78, 5) is 17.6. The number of hydrogen-bond donors (Lipinski definition) is 1. The number of Topliss-reactive ketones (excluding diaryl/α,β-unsaturated/α-hetero) is 1. The molecule has 1 heterocycles. The molecule has 4 rings (SSSR count). The molecule has 3 aromatic carbocycles. The van der Waals surface area contributed by atoms with Gasteiger partial charge in [-0.15, -0.1) is 0 Å². The zero-order chi connectivity index (χ0) is 34.6. The lowest BCUT2D eigenvalue weighted by atomic mass is 9.76. The molecule has 0 aromatic heterocycles. The lowest BCUT2D eigenvalue weighted by Crippen LogP contribution is -2.54. The predicted molar refractivity (Wildman–Crippen MR) is 190 cm³/mol. The van der Waals surface area contributed by atoms with Crippen molar-refractivity contribution >= 4 is 38.6 Å². The van der Waals surface area contributed by atoms with Crippen molar-refractivity contribution in [2.45, 2.75) is 95.4 Å². The highest BCUT2D eigenvalue weighted by atomic mass is 35.5. The summed E-state index contributed by atoms with van der Waals surface area (Å²) in [6.07, 6.45) is 1.56. The standard InChI is InChI=1S/C37H49ClN4O4S/c1-8-32(43)35(46-33-18-13-27(36(4,5)9-2)23-30(33)37(6,7)10-3)42-21-19-41(20-22-42)29-16-17-31(40-39)34(24-29)47(44,45)25-26-11-14-28(38)15-12-26/h11-18,23-24,35,39H,8-10,19-22,25H2,1-7H3. The van der Waals surface area contributed by atoms with Crippen LogP contribution in [-0.4, -0.2) is 51.5 Å². The molecule has 0 aliphatic carbocycles. The van der Waals surface area contributed by atoms with E-state index in [1.54, 1.807) is 42.5 Å². The maximum atomic E-state index is 13.5. The summed E-state index contributed by atoms with van der Waals surface area (Å²) >= 11 is 5.98. The van der Waals surface area contributed by atoms with Gasteiger partial charge in [0, 0.05) is 48.9 Å². The average molecular weight is 681 g/mol. The van der Waals surface area contributed by atoms with Gasteiger partial charge in [-0.1, -0.05) is 84.3 Å². The number of rotatable bonds is 14. The van der Waals surface area contributed by atoms with Crippen LogP contribution in [0.5, 0.6) is 5.75 Å². The molecule has 8 nitrogen and oxygen atoms in total. The molecule has 0 bridgehead atoms. The second-order valence-electron chi connectivity index (χ2n) is 13.6. The number of halogens is 1. The molecule has 1 atom stereocenters. The van der Waals surface area contributed by atoms with Crippen molar-refractivity contribution in [3.63, 3.8) is 0 Å². The van der Waals surface area contributed by atoms with Crippen molar-refractivity contribution in [1.82, 2.24) is 4.90 Å². The molecular formula is C37H49ClN4O4S. The molecule has 1 aliphatic heterocycles. The Morgan fingerprint density at radius 3 is 2.13 bits per heavy atom. The van der Waals surface area contributed by atoms with E-state index in [1.807, 2.05) is 13.0 Å². The van der Waals surface area contributed by atoms with Gasteiger partial charge in [0.2, 0.25) is 6.23 Å². The molecule has 3 aromatic rings. The van der Waals surface area contributed by atoms with E-state index in [-0.39, 0.29) is 32.9 Å². The Morgan fingerprint density at radius 2 is 1.55 bits per heavy atom. The molecule has 47 heavy (non-hydrogen) atoms. The lowest BCUT2D eigenvalue weighted by molar-refractivity contribution is -0.134. The minimum absolute atomic E-state index is 0.0190. The number of ketones is 1. The summed E-state index contributed by atoms with van der Waals surface area (Å²) in [5.41, 5.74) is 11.3. The van der Waals surface area contributed by atoms with Crippen molar-refractivity contribution in [1.29, 1.82) is 5.53 Å². The third kappa shape index (κ3) is 8.42. The molecule has 10 heteroatoms. The van der Waals surface area contributed by atoms with E-state index in [0.29, 0.717) is 43.2 Å². The van der Waals surface area contributed by atoms with Crippen molar-refractivity contribution in [3.8, 4) is 5.75 Å². The van der Waals surface area contributed by atoms with Gasteiger partial charge in [-0.3, -0.25) is 9.69 Å². The van der Waals surface area contributed by atoms with Crippen LogP contribution in [0.3, 0.4) is 0 Å². The Kier molecular flexibility index (Phi) is 11.6. The molecule has 0 saturated carbocycles. The molecule has 0 radical (unpaired) electrons. The summed E-state index contributed by atoms with van der Waals surface area (Å²) in [6.45, 7) is 17.4. The highest BCUT2D eigenvalue weighted by Gasteiger charge is 2.33. The Morgan fingerprint density at radius 1 is 0.915 bits per heavy atom. The van der Waals surface area contributed by atoms with Gasteiger partial charge in [-0.25, -0.2) is 13.9 Å². The van der Waals surface area contributed by atoms with Gasteiger partial charge in [-0.2, -0.15) is 5.11 Å². The van der Waals surface area contributed by atoms with Crippen molar-refractivity contribution in [2.75, 3.05) is 31.1 Å². The fraction of sp³-hybridized carbons (Fsp3) is 0.486. The van der Waals surface area contributed by atoms with Crippen LogP contribution in [0, 0.1) is 5.53 Å². The summed E-state index contributed by atoms with van der Waals surface area (Å²) in [7, 11) is -3.79. The van der Waals surface area contributed by atoms with Crippen LogP contribution < -0.4 is 9.64 Å². The lowest BCUT2D eigenvalue weighted by Gasteiger charge is -2.40. The van der Waals surface area contributed by atoms with Crippen LogP contribution in [0.1, 0.15) is 84.4 Å². The second-order valence-corrected chi connectivity index (χ2v) is 16.0. The fourth-order valence-electron chi connectivity index (χ4n) is 5.75. The van der Waals surface area contributed by atoms with Gasteiger partial charge in [-0.05, 0) is 71.2 Å². The smallest absolute Gasteiger partial charge is 0.212 e. The number of nitrogens with one attached hydrogen (secondary N) is 1. The average Bonchev–Trinajstić information content (AvgIpc) is 3.07. The number of benzene rings is 3. The van der Waals surface area contributed by atoms with Gasteiger partial charge >= 0.3 is 0 Å². The SMILES string of the molecule is CCC(=O)C(Oc1ccc(C(C)(C)CC)cc1C(C)(C)CC)N1CCN(c2ccc(N=N)c(S(=O)(=O)Cc3ccc(Cl)cc3)c2)CC1. The Bertz CT molecular complexity index is 1680. The van der Waals surface area contributed by atoms with Crippen molar-refractivity contribution in [3.05, 3.63) is 82.4 Å². The summed E-state index contributed by atoms with van der Waals surface area (Å²) in [6, 6.07) is 18.1. The normalized spacial score (nSPS) is 15.4.